The molecule has 6 heteroatoms. The van der Waals surface area contributed by atoms with Crippen molar-refractivity contribution >= 4 is 0 Å². The van der Waals surface area contributed by atoms with Crippen molar-refractivity contribution in [1.29, 1.82) is 0 Å². The molecule has 0 amide bonds. The molecule has 0 saturated heterocycles. The van der Waals surface area contributed by atoms with Gasteiger partial charge in [-0.2, -0.15) is 0 Å². The maximum Gasteiger partial charge on any atom is 1.00 e. The molecule has 0 saturated carbocycles. The van der Waals surface area contributed by atoms with Gasteiger partial charge in [-0.15, -0.1) is 0 Å². The van der Waals surface area contributed by atoms with E-state index in [0.717, 1.165) is 19.4 Å². The van der Waals surface area contributed by atoms with Crippen LogP contribution in [0.5, 0.6) is 0 Å². The molecular formula is C8H21NaO5. The van der Waals surface area contributed by atoms with Crippen molar-refractivity contribution in [3.63, 3.8) is 0 Å². The number of unbranched alkanes of at least 4 members (excludes halogenated alkanes) is 1. The van der Waals surface area contributed by atoms with E-state index in [1.165, 1.54) is 0 Å². The standard InChI is InChI=1S/C8H18O3.Na.2H2O/c1-2-3-5-10-7-8-11-6-4-9;;;/h9H,2-8H2,1H3;;2*1H2/q;+1;;/p-1. The summed E-state index contributed by atoms with van der Waals surface area (Å²) in [6, 6.07) is 0. The third kappa shape index (κ3) is 23.0. The zero-order valence-electron chi connectivity index (χ0n) is 9.16. The molecule has 84 valence electrons. The van der Waals surface area contributed by atoms with Crippen molar-refractivity contribution in [3.8, 4) is 0 Å². The molecule has 0 unspecified atom stereocenters. The SMILES string of the molecule is CCCCOCCOCCO.O.[Na+].[OH-]. The monoisotopic (exact) mass is 220 g/mol. The molecule has 0 rings (SSSR count). The van der Waals surface area contributed by atoms with Crippen LogP contribution >= 0.6 is 0 Å². The Balaban J connectivity index is -0.000000167. The summed E-state index contributed by atoms with van der Waals surface area (Å²) in [4.78, 5) is 0. The summed E-state index contributed by atoms with van der Waals surface area (Å²) in [5, 5.41) is 8.34. The Morgan fingerprint density at radius 2 is 1.50 bits per heavy atom. The minimum atomic E-state index is 0. The van der Waals surface area contributed by atoms with Crippen molar-refractivity contribution in [3.05, 3.63) is 0 Å². The Bertz CT molecular complexity index is 66.8. The number of aliphatic hydroxyl groups is 1. The first kappa shape index (κ1) is 24.2. The molecule has 0 fully saturated rings. The predicted octanol–water partition coefficient (Wildman–Crippen LogP) is -3.19. The van der Waals surface area contributed by atoms with Gasteiger partial charge >= 0.3 is 29.6 Å². The third-order valence-electron chi connectivity index (χ3n) is 1.25. The molecule has 0 bridgehead atoms. The number of aliphatic hydroxyl groups excluding tert-OH is 1. The predicted molar refractivity (Wildman–Crippen MR) is 49.2 cm³/mol. The third-order valence-corrected chi connectivity index (χ3v) is 1.25. The summed E-state index contributed by atoms with van der Waals surface area (Å²) < 4.78 is 10.2. The first-order chi connectivity index (χ1) is 5.41. The second kappa shape index (κ2) is 23.5. The van der Waals surface area contributed by atoms with E-state index in [0.29, 0.717) is 19.8 Å². The van der Waals surface area contributed by atoms with E-state index in [2.05, 4.69) is 6.92 Å². The minimum Gasteiger partial charge on any atom is -0.870 e. The van der Waals surface area contributed by atoms with E-state index in [-0.39, 0.29) is 47.1 Å². The normalized spacial score (nSPS) is 8.14. The van der Waals surface area contributed by atoms with Gasteiger partial charge in [-0.05, 0) is 6.42 Å². The molecule has 5 nitrogen and oxygen atoms in total. The molecule has 0 aliphatic rings. The van der Waals surface area contributed by atoms with Crippen LogP contribution in [0.25, 0.3) is 0 Å². The van der Waals surface area contributed by atoms with E-state index in [4.69, 9.17) is 14.6 Å². The van der Waals surface area contributed by atoms with Gasteiger partial charge in [-0.3, -0.25) is 0 Å². The average molecular weight is 220 g/mol. The molecule has 0 aromatic heterocycles. The molecule has 0 heterocycles. The van der Waals surface area contributed by atoms with Gasteiger partial charge < -0.3 is 25.5 Å². The van der Waals surface area contributed by atoms with E-state index < -0.39 is 0 Å². The van der Waals surface area contributed by atoms with Crippen molar-refractivity contribution in [1.82, 2.24) is 0 Å². The van der Waals surface area contributed by atoms with Gasteiger partial charge in [-0.1, -0.05) is 13.3 Å². The second-order valence-electron chi connectivity index (χ2n) is 2.30. The summed E-state index contributed by atoms with van der Waals surface area (Å²) in [5.41, 5.74) is 0. The average Bonchev–Trinajstić information content (AvgIpc) is 2.03. The van der Waals surface area contributed by atoms with Crippen LogP contribution in [0.2, 0.25) is 0 Å². The number of ether oxygens (including phenoxy) is 2. The molecule has 0 atom stereocenters. The first-order valence-corrected chi connectivity index (χ1v) is 4.18. The van der Waals surface area contributed by atoms with Crippen LogP contribution in [0.15, 0.2) is 0 Å². The Labute approximate surface area is 108 Å². The van der Waals surface area contributed by atoms with Crippen LogP contribution in [-0.2, 0) is 9.47 Å². The van der Waals surface area contributed by atoms with Gasteiger partial charge in [0.05, 0.1) is 26.4 Å². The summed E-state index contributed by atoms with van der Waals surface area (Å²) in [5.74, 6) is 0. The zero-order valence-corrected chi connectivity index (χ0v) is 11.2. The number of hydrogen-bond acceptors (Lipinski definition) is 4. The van der Waals surface area contributed by atoms with Crippen molar-refractivity contribution < 1.29 is 55.1 Å². The fraction of sp³-hybridized carbons (Fsp3) is 1.00. The summed E-state index contributed by atoms with van der Waals surface area (Å²) >= 11 is 0. The Hall–Kier alpha value is 0.800. The van der Waals surface area contributed by atoms with Crippen molar-refractivity contribution in [2.45, 2.75) is 19.8 Å². The first-order valence-electron chi connectivity index (χ1n) is 4.18. The number of rotatable bonds is 8. The minimum absolute atomic E-state index is 0. The van der Waals surface area contributed by atoms with E-state index in [1.54, 1.807) is 0 Å². The van der Waals surface area contributed by atoms with E-state index >= 15 is 0 Å². The van der Waals surface area contributed by atoms with Crippen LogP contribution in [0, 0.1) is 0 Å². The molecule has 4 N–H and O–H groups in total. The molecule has 14 heavy (non-hydrogen) atoms. The van der Waals surface area contributed by atoms with Crippen LogP contribution in [0.3, 0.4) is 0 Å². The zero-order chi connectivity index (χ0) is 8.36. The molecule has 0 spiro atoms. The Morgan fingerprint density at radius 1 is 1.00 bits per heavy atom. The van der Waals surface area contributed by atoms with Crippen LogP contribution in [0.4, 0.5) is 0 Å². The molecule has 0 aliphatic heterocycles. The van der Waals surface area contributed by atoms with Crippen LogP contribution in [-0.4, -0.2) is 49.1 Å². The number of hydrogen-bond donors (Lipinski definition) is 1. The van der Waals surface area contributed by atoms with Gasteiger partial charge in [0.15, 0.2) is 0 Å². The van der Waals surface area contributed by atoms with Crippen LogP contribution < -0.4 is 29.6 Å². The van der Waals surface area contributed by atoms with Gasteiger partial charge in [0.1, 0.15) is 0 Å². The second-order valence-corrected chi connectivity index (χ2v) is 2.30. The topological polar surface area (TPSA) is 100 Å². The summed E-state index contributed by atoms with van der Waals surface area (Å²) in [6.07, 6.45) is 2.28. The maximum absolute atomic E-state index is 8.34. The fourth-order valence-corrected chi connectivity index (χ4v) is 0.633. The van der Waals surface area contributed by atoms with Gasteiger partial charge in [0, 0.05) is 6.61 Å². The Morgan fingerprint density at radius 3 is 1.93 bits per heavy atom. The maximum atomic E-state index is 8.34. The van der Waals surface area contributed by atoms with Gasteiger partial charge in [-0.25, -0.2) is 0 Å². The quantitative estimate of drug-likeness (QED) is 0.344. The Kier molecular flexibility index (Phi) is 40.6. The summed E-state index contributed by atoms with van der Waals surface area (Å²) in [6.45, 7) is 4.68. The van der Waals surface area contributed by atoms with Crippen LogP contribution in [0.1, 0.15) is 19.8 Å². The largest absolute Gasteiger partial charge is 1.00 e. The molecular weight excluding hydrogens is 199 g/mol. The van der Waals surface area contributed by atoms with Crippen molar-refractivity contribution in [2.75, 3.05) is 33.0 Å². The van der Waals surface area contributed by atoms with Gasteiger partial charge in [0.25, 0.3) is 0 Å². The molecule has 0 aromatic rings. The fourth-order valence-electron chi connectivity index (χ4n) is 0.633. The van der Waals surface area contributed by atoms with E-state index in [1.807, 2.05) is 0 Å². The summed E-state index contributed by atoms with van der Waals surface area (Å²) in [7, 11) is 0. The molecule has 0 aromatic carbocycles. The molecule has 0 radical (unpaired) electrons. The molecule has 0 aliphatic carbocycles. The van der Waals surface area contributed by atoms with E-state index in [9.17, 15) is 0 Å². The smallest absolute Gasteiger partial charge is 0.870 e. The van der Waals surface area contributed by atoms with Crippen molar-refractivity contribution in [2.24, 2.45) is 0 Å². The van der Waals surface area contributed by atoms with Gasteiger partial charge in [0.2, 0.25) is 0 Å².